The number of nitrogens with zero attached hydrogens (tertiary/aromatic N) is 1. The number of rotatable bonds is 10. The van der Waals surface area contributed by atoms with E-state index in [4.69, 9.17) is 19.4 Å². The zero-order chi connectivity index (χ0) is 32.6. The summed E-state index contributed by atoms with van der Waals surface area (Å²) in [4.78, 5) is 24.6. The number of likely N-dealkylation sites (tertiary alicyclic amines) is 1. The molecule has 1 aliphatic heterocycles. The molecule has 8 heteroatoms. The minimum absolute atomic E-state index is 0.0700. The van der Waals surface area contributed by atoms with Gasteiger partial charge in [0.15, 0.2) is 17.8 Å². The first-order valence-electron chi connectivity index (χ1n) is 14.7. The molecule has 1 unspecified atom stereocenters. The number of ether oxygens (including phenoxy) is 3. The molecule has 8 nitrogen and oxygen atoms in total. The summed E-state index contributed by atoms with van der Waals surface area (Å²) >= 11 is 0. The van der Waals surface area contributed by atoms with E-state index >= 15 is 0 Å². The predicted molar refractivity (Wildman–Crippen MR) is 175 cm³/mol. The Kier molecular flexibility index (Phi) is 15.0. The van der Waals surface area contributed by atoms with Gasteiger partial charge in [0, 0.05) is 11.1 Å². The van der Waals surface area contributed by atoms with Crippen LogP contribution in [0.25, 0.3) is 11.1 Å². The van der Waals surface area contributed by atoms with Crippen LogP contribution >= 0.6 is 0 Å². The molecule has 3 aromatic rings. The molecule has 44 heavy (non-hydrogen) atoms. The number of piperidine rings is 1. The van der Waals surface area contributed by atoms with Crippen molar-refractivity contribution in [2.45, 2.75) is 45.4 Å². The van der Waals surface area contributed by atoms with Crippen LogP contribution in [0.4, 0.5) is 0 Å². The van der Waals surface area contributed by atoms with E-state index in [0.29, 0.717) is 18.0 Å². The van der Waals surface area contributed by atoms with E-state index in [1.807, 2.05) is 0 Å². The van der Waals surface area contributed by atoms with E-state index in [9.17, 15) is 9.59 Å². The highest BCUT2D eigenvalue weighted by Crippen LogP contribution is 2.35. The second-order valence-corrected chi connectivity index (χ2v) is 10.7. The summed E-state index contributed by atoms with van der Waals surface area (Å²) in [5.74, 6) is 1.92. The maximum absolute atomic E-state index is 11.4. The number of benzene rings is 3. The van der Waals surface area contributed by atoms with Crippen molar-refractivity contribution >= 4 is 12.2 Å². The van der Waals surface area contributed by atoms with Crippen molar-refractivity contribution in [3.8, 4) is 41.2 Å². The molecule has 0 saturated carbocycles. The monoisotopic (exact) mass is 602 g/mol. The number of aldehydes is 1. The van der Waals surface area contributed by atoms with Gasteiger partial charge in [0.1, 0.15) is 5.75 Å². The smallest absolute Gasteiger partial charge is 0.279 e. The number of amides is 1. The van der Waals surface area contributed by atoms with Gasteiger partial charge in [0.05, 0.1) is 26.9 Å². The normalized spacial score (nSPS) is 13.7. The van der Waals surface area contributed by atoms with E-state index in [2.05, 4.69) is 81.1 Å². The zero-order valence-electron chi connectivity index (χ0n) is 26.8. The molecule has 3 aromatic carbocycles. The Morgan fingerprint density at radius 3 is 2.14 bits per heavy atom. The zero-order valence-corrected chi connectivity index (χ0v) is 26.8. The molecule has 1 aliphatic rings. The van der Waals surface area contributed by atoms with E-state index in [1.54, 1.807) is 7.11 Å². The van der Waals surface area contributed by atoms with Gasteiger partial charge in [-0.25, -0.2) is 5.48 Å². The number of carbonyl (C=O) groups excluding carboxylic acids is 2. The number of terminal acetylenes is 1. The first-order valence-corrected chi connectivity index (χ1v) is 14.7. The number of hydroxylamine groups is 1. The molecule has 0 aromatic heterocycles. The van der Waals surface area contributed by atoms with Gasteiger partial charge in [0.2, 0.25) is 0 Å². The van der Waals surface area contributed by atoms with Crippen molar-refractivity contribution in [3.63, 3.8) is 0 Å². The molecule has 0 radical (unpaired) electrons. The van der Waals surface area contributed by atoms with E-state index < -0.39 is 5.91 Å². The lowest BCUT2D eigenvalue weighted by atomic mass is 9.89. The van der Waals surface area contributed by atoms with Crippen molar-refractivity contribution in [2.24, 2.45) is 5.92 Å². The summed E-state index contributed by atoms with van der Waals surface area (Å²) in [5, 5.41) is 8.58. The SMILES string of the molecule is C#C.CCC(C)c1ccc(OC)c(-c2ccc(CC3CCN(C)CC3)cc2)c1.COc1ccc(C=O)c(C(=O)NO)c1OC. The van der Waals surface area contributed by atoms with Crippen molar-refractivity contribution < 1.29 is 29.0 Å². The van der Waals surface area contributed by atoms with Gasteiger partial charge in [0.25, 0.3) is 5.91 Å². The molecule has 1 amide bonds. The van der Waals surface area contributed by atoms with Crippen LogP contribution in [0.15, 0.2) is 54.6 Å². The number of methoxy groups -OCH3 is 3. The van der Waals surface area contributed by atoms with Gasteiger partial charge in [-0.3, -0.25) is 14.8 Å². The van der Waals surface area contributed by atoms with Crippen LogP contribution in [0.5, 0.6) is 17.2 Å². The van der Waals surface area contributed by atoms with Crippen LogP contribution in [0.2, 0.25) is 0 Å². The molecule has 0 bridgehead atoms. The number of hydrogen-bond acceptors (Lipinski definition) is 7. The summed E-state index contributed by atoms with van der Waals surface area (Å²) in [6, 6.07) is 18.7. The molecule has 2 N–H and O–H groups in total. The minimum atomic E-state index is -0.835. The third kappa shape index (κ3) is 9.34. The summed E-state index contributed by atoms with van der Waals surface area (Å²) in [6.45, 7) is 7.01. The van der Waals surface area contributed by atoms with Crippen molar-refractivity contribution in [3.05, 3.63) is 76.9 Å². The lowest BCUT2D eigenvalue weighted by Crippen LogP contribution is -2.30. The second-order valence-electron chi connectivity index (χ2n) is 10.7. The minimum Gasteiger partial charge on any atom is -0.496 e. The highest BCUT2D eigenvalue weighted by Gasteiger charge is 2.21. The second kappa shape index (κ2) is 18.4. The largest absolute Gasteiger partial charge is 0.496 e. The van der Waals surface area contributed by atoms with Gasteiger partial charge < -0.3 is 19.1 Å². The third-order valence-corrected chi connectivity index (χ3v) is 8.07. The van der Waals surface area contributed by atoms with Crippen LogP contribution in [0.1, 0.15) is 70.9 Å². The molecular formula is C36H46N2O6. The van der Waals surface area contributed by atoms with Gasteiger partial charge in [-0.05, 0) is 98.6 Å². The van der Waals surface area contributed by atoms with Crippen LogP contribution in [-0.2, 0) is 6.42 Å². The topological polar surface area (TPSA) is 97.3 Å². The Labute approximate surface area is 262 Å². The summed E-state index contributed by atoms with van der Waals surface area (Å²) in [7, 11) is 6.72. The molecule has 0 aliphatic carbocycles. The fraction of sp³-hybridized carbons (Fsp3) is 0.389. The van der Waals surface area contributed by atoms with Gasteiger partial charge in [-0.2, -0.15) is 0 Å². The number of nitrogens with one attached hydrogen (secondary N) is 1. The Balaban J connectivity index is 0.000000323. The summed E-state index contributed by atoms with van der Waals surface area (Å²) < 4.78 is 15.6. The Hall–Kier alpha value is -4.32. The quantitative estimate of drug-likeness (QED) is 0.116. The molecular weight excluding hydrogens is 556 g/mol. The fourth-order valence-electron chi connectivity index (χ4n) is 5.24. The molecule has 236 valence electrons. The summed E-state index contributed by atoms with van der Waals surface area (Å²) in [6.07, 6.45) is 13.5. The number of carbonyl (C=O) groups is 2. The lowest BCUT2D eigenvalue weighted by Gasteiger charge is -2.29. The third-order valence-electron chi connectivity index (χ3n) is 8.07. The van der Waals surface area contributed by atoms with Gasteiger partial charge >= 0.3 is 0 Å². The van der Waals surface area contributed by atoms with Crippen molar-refractivity contribution in [2.75, 3.05) is 41.5 Å². The van der Waals surface area contributed by atoms with Crippen LogP contribution in [0.3, 0.4) is 0 Å². The highest BCUT2D eigenvalue weighted by atomic mass is 16.5. The van der Waals surface area contributed by atoms with Gasteiger partial charge in [-0.15, -0.1) is 12.8 Å². The Morgan fingerprint density at radius 1 is 1.00 bits per heavy atom. The molecule has 1 heterocycles. The fourth-order valence-corrected chi connectivity index (χ4v) is 5.24. The van der Waals surface area contributed by atoms with E-state index in [0.717, 1.165) is 18.1 Å². The molecule has 0 spiro atoms. The first kappa shape index (κ1) is 35.9. The Morgan fingerprint density at radius 2 is 1.61 bits per heavy atom. The molecule has 1 atom stereocenters. The predicted octanol–water partition coefficient (Wildman–Crippen LogP) is 6.64. The van der Waals surface area contributed by atoms with Crippen molar-refractivity contribution in [1.82, 2.24) is 10.4 Å². The Bertz CT molecular complexity index is 1360. The number of hydrogen-bond donors (Lipinski definition) is 2. The van der Waals surface area contributed by atoms with Gasteiger partial charge in [-0.1, -0.05) is 44.2 Å². The first-order chi connectivity index (χ1) is 21.3. The van der Waals surface area contributed by atoms with Crippen molar-refractivity contribution in [1.29, 1.82) is 0 Å². The molecule has 1 fully saturated rings. The molecule has 4 rings (SSSR count). The maximum atomic E-state index is 11.4. The average Bonchev–Trinajstić information content (AvgIpc) is 3.08. The standard InChI is InChI=1S/C24H33NO.C10H11NO5.C2H2/c1-5-18(2)22-10-11-24(26-4)23(17-22)21-8-6-19(7-9-21)16-20-12-14-25(3)15-13-20;1-15-7-4-3-6(5-12)8(9(7)16-2)10(13)11-14;1-2/h6-11,17-18,20H,5,12-16H2,1-4H3;3-5,14H,1-2H3,(H,11,13);1-2H. The van der Waals surface area contributed by atoms with Crippen LogP contribution < -0.4 is 19.7 Å². The summed E-state index contributed by atoms with van der Waals surface area (Å²) in [5.41, 5.74) is 6.78. The van der Waals surface area contributed by atoms with E-state index in [1.165, 1.54) is 86.4 Å². The highest BCUT2D eigenvalue weighted by molar-refractivity contribution is 6.04. The lowest BCUT2D eigenvalue weighted by molar-refractivity contribution is 0.0700. The maximum Gasteiger partial charge on any atom is 0.279 e. The van der Waals surface area contributed by atoms with E-state index in [-0.39, 0.29) is 16.9 Å². The average molecular weight is 603 g/mol. The van der Waals surface area contributed by atoms with Crippen LogP contribution in [0, 0.1) is 18.8 Å². The molecule has 1 saturated heterocycles. The van der Waals surface area contributed by atoms with Crippen LogP contribution in [-0.4, -0.2) is 63.8 Å².